The van der Waals surface area contributed by atoms with E-state index in [-0.39, 0.29) is 0 Å². The average Bonchev–Trinajstić information content (AvgIpc) is 2.29. The van der Waals surface area contributed by atoms with E-state index in [0.717, 1.165) is 12.1 Å². The maximum atomic E-state index is 9.70. The highest BCUT2D eigenvalue weighted by Crippen LogP contribution is 2.16. The molecule has 0 bridgehead atoms. The van der Waals surface area contributed by atoms with Crippen LogP contribution in [-0.2, 0) is 6.54 Å². The standard InChI is InChI=1S/C15H17NO/c1-12(2)14-8-15(17)11-16(10-14)9-13-6-4-3-5-7-13/h3-8,10-12H,9H2,1-2H3/p+1. The Hall–Kier alpha value is -1.83. The second-order valence-electron chi connectivity index (χ2n) is 4.64. The predicted molar refractivity (Wildman–Crippen MR) is 67.9 cm³/mol. The molecule has 0 unspecified atom stereocenters. The number of pyridine rings is 1. The third-order valence-corrected chi connectivity index (χ3v) is 2.80. The molecule has 0 radical (unpaired) electrons. The lowest BCUT2D eigenvalue weighted by Crippen LogP contribution is -2.34. The van der Waals surface area contributed by atoms with Crippen LogP contribution in [0.3, 0.4) is 0 Å². The first-order valence-electron chi connectivity index (χ1n) is 5.92. The van der Waals surface area contributed by atoms with Crippen molar-refractivity contribution in [1.29, 1.82) is 0 Å². The first-order valence-corrected chi connectivity index (χ1v) is 5.92. The highest BCUT2D eigenvalue weighted by molar-refractivity contribution is 5.22. The molecule has 0 aliphatic rings. The van der Waals surface area contributed by atoms with Crippen molar-refractivity contribution in [3.8, 4) is 5.75 Å². The van der Waals surface area contributed by atoms with Gasteiger partial charge in [-0.1, -0.05) is 44.2 Å². The summed E-state index contributed by atoms with van der Waals surface area (Å²) in [5, 5.41) is 9.70. The van der Waals surface area contributed by atoms with E-state index in [0.29, 0.717) is 11.7 Å². The summed E-state index contributed by atoms with van der Waals surface area (Å²) in [6.07, 6.45) is 3.86. The Bertz CT molecular complexity index is 492. The van der Waals surface area contributed by atoms with Crippen molar-refractivity contribution >= 4 is 0 Å². The summed E-state index contributed by atoms with van der Waals surface area (Å²) in [5.41, 5.74) is 2.39. The zero-order valence-electron chi connectivity index (χ0n) is 10.3. The van der Waals surface area contributed by atoms with Gasteiger partial charge in [-0.25, -0.2) is 0 Å². The summed E-state index contributed by atoms with van der Waals surface area (Å²) in [6.45, 7) is 5.04. The van der Waals surface area contributed by atoms with Gasteiger partial charge in [-0.3, -0.25) is 0 Å². The third kappa shape index (κ3) is 3.06. The third-order valence-electron chi connectivity index (χ3n) is 2.80. The van der Waals surface area contributed by atoms with Gasteiger partial charge < -0.3 is 5.11 Å². The molecule has 0 spiro atoms. The van der Waals surface area contributed by atoms with Crippen LogP contribution in [0.15, 0.2) is 48.8 Å². The molecule has 2 heteroatoms. The molecule has 0 aliphatic carbocycles. The van der Waals surface area contributed by atoms with Gasteiger partial charge in [-0.05, 0) is 12.0 Å². The van der Waals surface area contributed by atoms with Crippen molar-refractivity contribution in [3.05, 3.63) is 59.9 Å². The van der Waals surface area contributed by atoms with Gasteiger partial charge in [0.15, 0.2) is 18.5 Å². The van der Waals surface area contributed by atoms with Gasteiger partial charge in [0.25, 0.3) is 0 Å². The number of hydrogen-bond donors (Lipinski definition) is 1. The summed E-state index contributed by atoms with van der Waals surface area (Å²) < 4.78 is 2.03. The van der Waals surface area contributed by atoms with Crippen molar-refractivity contribution in [2.45, 2.75) is 26.3 Å². The Balaban J connectivity index is 2.27. The number of rotatable bonds is 3. The molecule has 0 saturated heterocycles. The van der Waals surface area contributed by atoms with Crippen molar-refractivity contribution in [3.63, 3.8) is 0 Å². The molecule has 2 aromatic rings. The summed E-state index contributed by atoms with van der Waals surface area (Å²) in [6, 6.07) is 12.1. The molecule has 1 N–H and O–H groups in total. The van der Waals surface area contributed by atoms with Crippen molar-refractivity contribution < 1.29 is 9.67 Å². The number of hydrogen-bond acceptors (Lipinski definition) is 1. The van der Waals surface area contributed by atoms with Gasteiger partial charge in [0, 0.05) is 11.1 Å². The quantitative estimate of drug-likeness (QED) is 0.802. The molecule has 1 heterocycles. The smallest absolute Gasteiger partial charge is 0.211 e. The fraction of sp³-hybridized carbons (Fsp3) is 0.267. The average molecular weight is 228 g/mol. The van der Waals surface area contributed by atoms with E-state index in [2.05, 4.69) is 32.2 Å². The van der Waals surface area contributed by atoms with Gasteiger partial charge in [0.2, 0.25) is 6.20 Å². The highest BCUT2D eigenvalue weighted by atomic mass is 16.3. The molecule has 0 saturated carbocycles. The maximum Gasteiger partial charge on any atom is 0.211 e. The van der Waals surface area contributed by atoms with Gasteiger partial charge in [0.05, 0.1) is 0 Å². The lowest BCUT2D eigenvalue weighted by Gasteiger charge is -2.05. The van der Waals surface area contributed by atoms with Crippen LogP contribution < -0.4 is 4.57 Å². The van der Waals surface area contributed by atoms with E-state index in [4.69, 9.17) is 0 Å². The predicted octanol–water partition coefficient (Wildman–Crippen LogP) is 2.85. The summed E-state index contributed by atoms with van der Waals surface area (Å²) in [7, 11) is 0. The molecule has 17 heavy (non-hydrogen) atoms. The SMILES string of the molecule is CC(C)c1cc(O)c[n+](Cc2ccccc2)c1. The molecule has 1 aromatic carbocycles. The largest absolute Gasteiger partial charge is 0.503 e. The molecule has 1 aromatic heterocycles. The van der Waals surface area contributed by atoms with Gasteiger partial charge in [0.1, 0.15) is 0 Å². The lowest BCUT2D eigenvalue weighted by molar-refractivity contribution is -0.689. The molecule has 0 fully saturated rings. The molecule has 2 rings (SSSR count). The van der Waals surface area contributed by atoms with E-state index >= 15 is 0 Å². The minimum Gasteiger partial charge on any atom is -0.503 e. The van der Waals surface area contributed by atoms with E-state index in [1.165, 1.54) is 5.56 Å². The summed E-state index contributed by atoms with van der Waals surface area (Å²) >= 11 is 0. The monoisotopic (exact) mass is 228 g/mol. The van der Waals surface area contributed by atoms with E-state index < -0.39 is 0 Å². The van der Waals surface area contributed by atoms with Crippen LogP contribution in [0.1, 0.15) is 30.9 Å². The second-order valence-corrected chi connectivity index (χ2v) is 4.64. The van der Waals surface area contributed by atoms with Crippen molar-refractivity contribution in [2.75, 3.05) is 0 Å². The summed E-state index contributed by atoms with van der Waals surface area (Å²) in [4.78, 5) is 0. The maximum absolute atomic E-state index is 9.70. The molecule has 88 valence electrons. The Morgan fingerprint density at radius 2 is 1.82 bits per heavy atom. The Kier molecular flexibility index (Phi) is 3.43. The van der Waals surface area contributed by atoms with Crippen LogP contribution in [-0.4, -0.2) is 5.11 Å². The van der Waals surface area contributed by atoms with Crippen LogP contribution in [0.2, 0.25) is 0 Å². The number of benzene rings is 1. The van der Waals surface area contributed by atoms with Crippen molar-refractivity contribution in [1.82, 2.24) is 0 Å². The zero-order chi connectivity index (χ0) is 12.3. The number of nitrogens with zero attached hydrogens (tertiary/aromatic N) is 1. The second kappa shape index (κ2) is 5.00. The summed E-state index contributed by atoms with van der Waals surface area (Å²) in [5.74, 6) is 0.747. The number of aromatic hydroxyl groups is 1. The molecule has 0 amide bonds. The molecular formula is C15H18NO+. The minimum absolute atomic E-state index is 0.326. The zero-order valence-corrected chi connectivity index (χ0v) is 10.3. The minimum atomic E-state index is 0.326. The topological polar surface area (TPSA) is 24.1 Å². The van der Waals surface area contributed by atoms with Crippen LogP contribution >= 0.6 is 0 Å². The molecule has 2 nitrogen and oxygen atoms in total. The van der Waals surface area contributed by atoms with Crippen LogP contribution in [0.4, 0.5) is 0 Å². The van der Waals surface area contributed by atoms with Gasteiger partial charge >= 0.3 is 0 Å². The van der Waals surface area contributed by atoms with Gasteiger partial charge in [-0.15, -0.1) is 0 Å². The first kappa shape index (κ1) is 11.6. The molecule has 0 aliphatic heterocycles. The normalized spacial score (nSPS) is 10.8. The van der Waals surface area contributed by atoms with Crippen LogP contribution in [0.5, 0.6) is 5.75 Å². The molecule has 0 atom stereocenters. The number of aromatic nitrogens is 1. The Morgan fingerprint density at radius 1 is 1.12 bits per heavy atom. The van der Waals surface area contributed by atoms with Crippen LogP contribution in [0, 0.1) is 0 Å². The first-order chi connectivity index (χ1) is 8.15. The van der Waals surface area contributed by atoms with E-state index in [1.54, 1.807) is 6.20 Å². The van der Waals surface area contributed by atoms with E-state index in [1.807, 2.05) is 28.8 Å². The highest BCUT2D eigenvalue weighted by Gasteiger charge is 2.10. The fourth-order valence-corrected chi connectivity index (χ4v) is 1.85. The molecular weight excluding hydrogens is 210 g/mol. The van der Waals surface area contributed by atoms with Crippen molar-refractivity contribution in [2.24, 2.45) is 0 Å². The van der Waals surface area contributed by atoms with Gasteiger partial charge in [-0.2, -0.15) is 4.57 Å². The Morgan fingerprint density at radius 3 is 2.47 bits per heavy atom. The van der Waals surface area contributed by atoms with E-state index in [9.17, 15) is 5.11 Å². The van der Waals surface area contributed by atoms with Crippen LogP contribution in [0.25, 0.3) is 0 Å². The fourth-order valence-electron chi connectivity index (χ4n) is 1.85. The lowest BCUT2D eigenvalue weighted by atomic mass is 10.1. The Labute approximate surface area is 102 Å².